The number of aliphatic hydroxyl groups excluding tert-OH is 1. The Morgan fingerprint density at radius 3 is 2.61 bits per heavy atom. The van der Waals surface area contributed by atoms with Gasteiger partial charge in [0, 0.05) is 10.9 Å². The van der Waals surface area contributed by atoms with Crippen LogP contribution >= 0.6 is 11.8 Å². The lowest BCUT2D eigenvalue weighted by Crippen LogP contribution is -2.38. The van der Waals surface area contributed by atoms with Crippen molar-refractivity contribution in [2.75, 3.05) is 6.26 Å². The molecule has 1 aromatic rings. The lowest BCUT2D eigenvalue weighted by molar-refractivity contribution is 0.0865. The van der Waals surface area contributed by atoms with Gasteiger partial charge in [0.1, 0.15) is 0 Å². The summed E-state index contributed by atoms with van der Waals surface area (Å²) in [6, 6.07) is 7.86. The number of carbonyl (C=O) groups excluding carboxylic acids is 1. The molecular weight excluding hydrogens is 246 g/mol. The molecule has 1 saturated carbocycles. The predicted octanol–water partition coefficient (Wildman–Crippen LogP) is 2.44. The lowest BCUT2D eigenvalue weighted by atomic mass is 9.93. The maximum absolute atomic E-state index is 12.2. The molecule has 0 aromatic heterocycles. The first-order valence-corrected chi connectivity index (χ1v) is 7.55. The average molecular weight is 265 g/mol. The molecule has 1 aromatic carbocycles. The Labute approximate surface area is 112 Å². The van der Waals surface area contributed by atoms with Crippen LogP contribution in [0.15, 0.2) is 29.2 Å². The molecule has 2 rings (SSSR count). The van der Waals surface area contributed by atoms with Gasteiger partial charge in [0.15, 0.2) is 0 Å². The van der Waals surface area contributed by atoms with Crippen LogP contribution in [0.2, 0.25) is 0 Å². The molecule has 1 aliphatic rings. The van der Waals surface area contributed by atoms with Crippen molar-refractivity contribution in [1.29, 1.82) is 0 Å². The summed E-state index contributed by atoms with van der Waals surface area (Å²) >= 11 is 1.59. The van der Waals surface area contributed by atoms with Crippen molar-refractivity contribution in [3.05, 3.63) is 29.8 Å². The van der Waals surface area contributed by atoms with Gasteiger partial charge in [-0.05, 0) is 44.1 Å². The molecule has 1 fully saturated rings. The van der Waals surface area contributed by atoms with Gasteiger partial charge in [-0.25, -0.2) is 0 Å². The van der Waals surface area contributed by atoms with E-state index >= 15 is 0 Å². The smallest absolute Gasteiger partial charge is 0.252 e. The topological polar surface area (TPSA) is 49.3 Å². The second kappa shape index (κ2) is 6.25. The SMILES string of the molecule is CSc1ccccc1C(=O)NC1CCC(O)CC1. The summed E-state index contributed by atoms with van der Waals surface area (Å²) in [7, 11) is 0. The molecule has 0 saturated heterocycles. The third-order valence-electron chi connectivity index (χ3n) is 3.38. The zero-order chi connectivity index (χ0) is 13.0. The number of nitrogens with one attached hydrogen (secondary N) is 1. The number of carbonyl (C=O) groups is 1. The molecular formula is C14H19NO2S. The molecule has 2 N–H and O–H groups in total. The van der Waals surface area contributed by atoms with E-state index in [1.54, 1.807) is 11.8 Å². The number of hydrogen-bond donors (Lipinski definition) is 2. The van der Waals surface area contributed by atoms with Crippen molar-refractivity contribution < 1.29 is 9.90 Å². The molecule has 0 radical (unpaired) electrons. The highest BCUT2D eigenvalue weighted by Gasteiger charge is 2.21. The van der Waals surface area contributed by atoms with Crippen LogP contribution < -0.4 is 5.32 Å². The molecule has 0 bridgehead atoms. The summed E-state index contributed by atoms with van der Waals surface area (Å²) in [6.07, 6.45) is 5.10. The number of amides is 1. The van der Waals surface area contributed by atoms with Crippen LogP contribution in [0.1, 0.15) is 36.0 Å². The second-order valence-electron chi connectivity index (χ2n) is 4.68. The Bertz CT molecular complexity index is 414. The fourth-order valence-corrected chi connectivity index (χ4v) is 2.91. The Morgan fingerprint density at radius 2 is 1.94 bits per heavy atom. The molecule has 1 amide bonds. The molecule has 0 spiro atoms. The van der Waals surface area contributed by atoms with E-state index in [-0.39, 0.29) is 18.1 Å². The third-order valence-corrected chi connectivity index (χ3v) is 4.18. The van der Waals surface area contributed by atoms with Crippen LogP contribution in [0.5, 0.6) is 0 Å². The van der Waals surface area contributed by atoms with Crippen LogP contribution in [0, 0.1) is 0 Å². The molecule has 0 atom stereocenters. The van der Waals surface area contributed by atoms with Crippen LogP contribution in [0.4, 0.5) is 0 Å². The van der Waals surface area contributed by atoms with Crippen molar-refractivity contribution >= 4 is 17.7 Å². The summed E-state index contributed by atoms with van der Waals surface area (Å²) in [5.41, 5.74) is 0.746. The van der Waals surface area contributed by atoms with E-state index in [1.165, 1.54) is 0 Å². The number of aliphatic hydroxyl groups is 1. The Balaban J connectivity index is 1.99. The molecule has 0 unspecified atom stereocenters. The first-order chi connectivity index (χ1) is 8.70. The number of benzene rings is 1. The highest BCUT2D eigenvalue weighted by atomic mass is 32.2. The highest BCUT2D eigenvalue weighted by Crippen LogP contribution is 2.22. The first-order valence-electron chi connectivity index (χ1n) is 6.32. The fourth-order valence-electron chi connectivity index (χ4n) is 2.32. The summed E-state index contributed by atoms with van der Waals surface area (Å²) in [5, 5.41) is 12.5. The molecule has 98 valence electrons. The van der Waals surface area contributed by atoms with Crippen LogP contribution in [0.25, 0.3) is 0 Å². The number of thioether (sulfide) groups is 1. The third kappa shape index (κ3) is 3.27. The first kappa shape index (κ1) is 13.4. The minimum Gasteiger partial charge on any atom is -0.393 e. The maximum atomic E-state index is 12.2. The fraction of sp³-hybridized carbons (Fsp3) is 0.500. The van der Waals surface area contributed by atoms with E-state index in [4.69, 9.17) is 0 Å². The normalized spacial score (nSPS) is 23.7. The average Bonchev–Trinajstić information content (AvgIpc) is 2.41. The van der Waals surface area contributed by atoms with Crippen LogP contribution in [-0.4, -0.2) is 29.4 Å². The van der Waals surface area contributed by atoms with Gasteiger partial charge in [-0.2, -0.15) is 0 Å². The van der Waals surface area contributed by atoms with Crippen molar-refractivity contribution in [1.82, 2.24) is 5.32 Å². The zero-order valence-corrected chi connectivity index (χ0v) is 11.4. The molecule has 0 aliphatic heterocycles. The zero-order valence-electron chi connectivity index (χ0n) is 10.6. The molecule has 1 aliphatic carbocycles. The Hall–Kier alpha value is -1.00. The van der Waals surface area contributed by atoms with E-state index in [2.05, 4.69) is 5.32 Å². The van der Waals surface area contributed by atoms with E-state index in [0.717, 1.165) is 36.1 Å². The van der Waals surface area contributed by atoms with Crippen LogP contribution in [0.3, 0.4) is 0 Å². The largest absolute Gasteiger partial charge is 0.393 e. The van der Waals surface area contributed by atoms with E-state index in [0.29, 0.717) is 0 Å². The van der Waals surface area contributed by atoms with Gasteiger partial charge >= 0.3 is 0 Å². The quantitative estimate of drug-likeness (QED) is 0.825. The van der Waals surface area contributed by atoms with Gasteiger partial charge in [-0.3, -0.25) is 4.79 Å². The highest BCUT2D eigenvalue weighted by molar-refractivity contribution is 7.98. The van der Waals surface area contributed by atoms with Crippen molar-refractivity contribution in [2.24, 2.45) is 0 Å². The predicted molar refractivity (Wildman–Crippen MR) is 74.0 cm³/mol. The molecule has 0 heterocycles. The van der Waals surface area contributed by atoms with E-state index in [1.807, 2.05) is 30.5 Å². The van der Waals surface area contributed by atoms with Gasteiger partial charge in [0.2, 0.25) is 0 Å². The van der Waals surface area contributed by atoms with Crippen molar-refractivity contribution in [3.8, 4) is 0 Å². The minimum atomic E-state index is -0.184. The standard InChI is InChI=1S/C14H19NO2S/c1-18-13-5-3-2-4-12(13)14(17)15-10-6-8-11(16)9-7-10/h2-5,10-11,16H,6-9H2,1H3,(H,15,17). The van der Waals surface area contributed by atoms with E-state index in [9.17, 15) is 9.90 Å². The summed E-state index contributed by atoms with van der Waals surface area (Å²) in [5.74, 6) is 0.00124. The van der Waals surface area contributed by atoms with Crippen molar-refractivity contribution in [3.63, 3.8) is 0 Å². The summed E-state index contributed by atoms with van der Waals surface area (Å²) in [6.45, 7) is 0. The van der Waals surface area contributed by atoms with Crippen molar-refractivity contribution in [2.45, 2.75) is 42.7 Å². The minimum absolute atomic E-state index is 0.00124. The van der Waals surface area contributed by atoms with Gasteiger partial charge in [0.25, 0.3) is 5.91 Å². The van der Waals surface area contributed by atoms with E-state index < -0.39 is 0 Å². The van der Waals surface area contributed by atoms with Gasteiger partial charge in [0.05, 0.1) is 11.7 Å². The van der Waals surface area contributed by atoms with Gasteiger partial charge in [-0.1, -0.05) is 12.1 Å². The molecule has 3 nitrogen and oxygen atoms in total. The monoisotopic (exact) mass is 265 g/mol. The lowest BCUT2D eigenvalue weighted by Gasteiger charge is -2.26. The van der Waals surface area contributed by atoms with Crippen LogP contribution in [-0.2, 0) is 0 Å². The van der Waals surface area contributed by atoms with Gasteiger partial charge < -0.3 is 10.4 Å². The summed E-state index contributed by atoms with van der Waals surface area (Å²) < 4.78 is 0. The summed E-state index contributed by atoms with van der Waals surface area (Å²) in [4.78, 5) is 13.2. The number of hydrogen-bond acceptors (Lipinski definition) is 3. The molecule has 4 heteroatoms. The molecule has 18 heavy (non-hydrogen) atoms. The van der Waals surface area contributed by atoms with Gasteiger partial charge in [-0.15, -0.1) is 11.8 Å². The number of rotatable bonds is 3. The Kier molecular flexibility index (Phi) is 4.66. The Morgan fingerprint density at radius 1 is 1.28 bits per heavy atom. The second-order valence-corrected chi connectivity index (χ2v) is 5.53. The maximum Gasteiger partial charge on any atom is 0.252 e.